The van der Waals surface area contributed by atoms with E-state index in [1.54, 1.807) is 0 Å². The lowest BCUT2D eigenvalue weighted by molar-refractivity contribution is -0.126. The zero-order valence-corrected chi connectivity index (χ0v) is 11.8. The van der Waals surface area contributed by atoms with E-state index >= 15 is 0 Å². The molecular weight excluding hydrogens is 212 g/mol. The number of piperidine rings is 1. The molecule has 1 fully saturated rings. The van der Waals surface area contributed by atoms with E-state index < -0.39 is 0 Å². The summed E-state index contributed by atoms with van der Waals surface area (Å²) < 4.78 is 0. The first-order chi connectivity index (χ1) is 8.08. The Morgan fingerprint density at radius 1 is 1.35 bits per heavy atom. The molecule has 3 atom stereocenters. The first-order valence-corrected chi connectivity index (χ1v) is 7.09. The van der Waals surface area contributed by atoms with E-state index in [9.17, 15) is 4.79 Å². The molecule has 2 N–H and O–H groups in total. The van der Waals surface area contributed by atoms with Gasteiger partial charge in [-0.1, -0.05) is 33.6 Å². The van der Waals surface area contributed by atoms with Gasteiger partial charge in [0.2, 0.25) is 5.91 Å². The maximum Gasteiger partial charge on any atom is 0.224 e. The van der Waals surface area contributed by atoms with Gasteiger partial charge in [0, 0.05) is 12.6 Å². The van der Waals surface area contributed by atoms with Gasteiger partial charge in [-0.3, -0.25) is 4.79 Å². The van der Waals surface area contributed by atoms with E-state index in [-0.39, 0.29) is 11.8 Å². The molecule has 3 heteroatoms. The van der Waals surface area contributed by atoms with Crippen molar-refractivity contribution in [2.75, 3.05) is 13.1 Å². The van der Waals surface area contributed by atoms with Gasteiger partial charge in [-0.05, 0) is 31.7 Å². The summed E-state index contributed by atoms with van der Waals surface area (Å²) >= 11 is 0. The highest BCUT2D eigenvalue weighted by Gasteiger charge is 2.26. The maximum atomic E-state index is 12.1. The van der Waals surface area contributed by atoms with Gasteiger partial charge < -0.3 is 10.6 Å². The van der Waals surface area contributed by atoms with Gasteiger partial charge in [-0.2, -0.15) is 0 Å². The van der Waals surface area contributed by atoms with Crippen molar-refractivity contribution in [1.29, 1.82) is 0 Å². The minimum atomic E-state index is 0.163. The Labute approximate surface area is 106 Å². The summed E-state index contributed by atoms with van der Waals surface area (Å²) in [5, 5.41) is 6.53. The molecule has 3 nitrogen and oxygen atoms in total. The van der Waals surface area contributed by atoms with Crippen LogP contribution in [0.15, 0.2) is 0 Å². The van der Waals surface area contributed by atoms with Gasteiger partial charge in [-0.25, -0.2) is 0 Å². The van der Waals surface area contributed by atoms with Gasteiger partial charge in [0.05, 0.1) is 5.92 Å². The van der Waals surface area contributed by atoms with Crippen LogP contribution in [-0.4, -0.2) is 25.0 Å². The van der Waals surface area contributed by atoms with Gasteiger partial charge in [0.1, 0.15) is 0 Å². The molecule has 3 unspecified atom stereocenters. The third-order valence-electron chi connectivity index (χ3n) is 4.07. The normalized spacial score (nSPS) is 26.9. The van der Waals surface area contributed by atoms with E-state index in [4.69, 9.17) is 0 Å². The zero-order valence-electron chi connectivity index (χ0n) is 11.8. The molecule has 0 radical (unpaired) electrons. The molecule has 0 aromatic carbocycles. The topological polar surface area (TPSA) is 41.1 Å². The predicted molar refractivity (Wildman–Crippen MR) is 71.8 cm³/mol. The second kappa shape index (κ2) is 7.00. The Bertz CT molecular complexity index is 238. The van der Waals surface area contributed by atoms with Crippen molar-refractivity contribution in [1.82, 2.24) is 10.6 Å². The molecule has 0 spiro atoms. The van der Waals surface area contributed by atoms with Crippen molar-refractivity contribution < 1.29 is 4.79 Å². The van der Waals surface area contributed by atoms with Gasteiger partial charge in [0.15, 0.2) is 0 Å². The summed E-state index contributed by atoms with van der Waals surface area (Å²) in [6.45, 7) is 10.6. The van der Waals surface area contributed by atoms with E-state index in [1.165, 1.54) is 0 Å². The lowest BCUT2D eigenvalue weighted by Crippen LogP contribution is -2.47. The SMILES string of the molecule is CCC(CC)C(C)NC(=O)C1CNCC(C)C1. The van der Waals surface area contributed by atoms with Crippen LogP contribution >= 0.6 is 0 Å². The van der Waals surface area contributed by atoms with Crippen molar-refractivity contribution in [2.45, 2.75) is 53.0 Å². The van der Waals surface area contributed by atoms with Crippen LogP contribution in [0.5, 0.6) is 0 Å². The predicted octanol–water partition coefficient (Wildman–Crippen LogP) is 2.17. The number of amides is 1. The highest BCUT2D eigenvalue weighted by Crippen LogP contribution is 2.18. The van der Waals surface area contributed by atoms with Crippen molar-refractivity contribution in [3.8, 4) is 0 Å². The van der Waals surface area contributed by atoms with Crippen LogP contribution in [0.2, 0.25) is 0 Å². The summed E-state index contributed by atoms with van der Waals surface area (Å²) in [4.78, 5) is 12.1. The molecule has 17 heavy (non-hydrogen) atoms. The molecule has 0 bridgehead atoms. The largest absolute Gasteiger partial charge is 0.353 e. The summed E-state index contributed by atoms with van der Waals surface area (Å²) in [5.74, 6) is 1.62. The molecule has 1 heterocycles. The molecule has 0 aromatic rings. The Hall–Kier alpha value is -0.570. The Morgan fingerprint density at radius 3 is 2.53 bits per heavy atom. The van der Waals surface area contributed by atoms with Crippen molar-refractivity contribution in [3.63, 3.8) is 0 Å². The van der Waals surface area contributed by atoms with Gasteiger partial charge in [-0.15, -0.1) is 0 Å². The molecule has 0 aromatic heterocycles. The quantitative estimate of drug-likeness (QED) is 0.773. The summed E-state index contributed by atoms with van der Waals surface area (Å²) in [7, 11) is 0. The summed E-state index contributed by atoms with van der Waals surface area (Å²) in [5.41, 5.74) is 0. The first kappa shape index (κ1) is 14.5. The maximum absolute atomic E-state index is 12.1. The van der Waals surface area contributed by atoms with Gasteiger partial charge >= 0.3 is 0 Å². The number of nitrogens with one attached hydrogen (secondary N) is 2. The van der Waals surface area contributed by atoms with Crippen LogP contribution in [0.25, 0.3) is 0 Å². The minimum Gasteiger partial charge on any atom is -0.353 e. The zero-order chi connectivity index (χ0) is 12.8. The van der Waals surface area contributed by atoms with Gasteiger partial charge in [0.25, 0.3) is 0 Å². The highest BCUT2D eigenvalue weighted by atomic mass is 16.2. The number of rotatable bonds is 5. The standard InChI is InChI=1S/C14H28N2O/c1-5-12(6-2)11(4)16-14(17)13-7-10(3)8-15-9-13/h10-13,15H,5-9H2,1-4H3,(H,16,17). The van der Waals surface area contributed by atoms with Crippen molar-refractivity contribution in [2.24, 2.45) is 17.8 Å². The molecule has 1 saturated heterocycles. The fourth-order valence-electron chi connectivity index (χ4n) is 2.81. The third kappa shape index (κ3) is 4.30. The van der Waals surface area contributed by atoms with Crippen LogP contribution in [0, 0.1) is 17.8 Å². The van der Waals surface area contributed by atoms with E-state index in [1.807, 2.05) is 0 Å². The smallest absolute Gasteiger partial charge is 0.224 e. The number of carbonyl (C=O) groups is 1. The average Bonchev–Trinajstić information content (AvgIpc) is 2.30. The van der Waals surface area contributed by atoms with Crippen LogP contribution in [0.4, 0.5) is 0 Å². The highest BCUT2D eigenvalue weighted by molar-refractivity contribution is 5.79. The number of carbonyl (C=O) groups excluding carboxylic acids is 1. The Kier molecular flexibility index (Phi) is 5.96. The molecular formula is C14H28N2O. The average molecular weight is 240 g/mol. The number of hydrogen-bond donors (Lipinski definition) is 2. The molecule has 0 saturated carbocycles. The van der Waals surface area contributed by atoms with Crippen LogP contribution in [0.1, 0.15) is 47.0 Å². The Morgan fingerprint density at radius 2 is 2.00 bits per heavy atom. The molecule has 0 aliphatic carbocycles. The second-order valence-corrected chi connectivity index (χ2v) is 5.57. The van der Waals surface area contributed by atoms with Crippen molar-refractivity contribution >= 4 is 5.91 Å². The van der Waals surface area contributed by atoms with E-state index in [0.717, 1.165) is 32.4 Å². The molecule has 1 amide bonds. The fraction of sp³-hybridized carbons (Fsp3) is 0.929. The summed E-state index contributed by atoms with van der Waals surface area (Å²) in [6, 6.07) is 0.301. The lowest BCUT2D eigenvalue weighted by Gasteiger charge is -2.29. The first-order valence-electron chi connectivity index (χ1n) is 7.09. The third-order valence-corrected chi connectivity index (χ3v) is 4.07. The van der Waals surface area contributed by atoms with Crippen LogP contribution < -0.4 is 10.6 Å². The monoisotopic (exact) mass is 240 g/mol. The van der Waals surface area contributed by atoms with E-state index in [0.29, 0.717) is 17.9 Å². The van der Waals surface area contributed by atoms with Crippen LogP contribution in [0.3, 0.4) is 0 Å². The molecule has 1 rings (SSSR count). The van der Waals surface area contributed by atoms with E-state index in [2.05, 4.69) is 38.3 Å². The summed E-state index contributed by atoms with van der Waals surface area (Å²) in [6.07, 6.45) is 3.29. The minimum absolute atomic E-state index is 0.163. The number of hydrogen-bond acceptors (Lipinski definition) is 2. The fourth-order valence-corrected chi connectivity index (χ4v) is 2.81. The molecule has 1 aliphatic heterocycles. The Balaban J connectivity index is 2.42. The lowest BCUT2D eigenvalue weighted by atomic mass is 9.90. The molecule has 1 aliphatic rings. The molecule has 100 valence electrons. The second-order valence-electron chi connectivity index (χ2n) is 5.57. The van der Waals surface area contributed by atoms with Crippen molar-refractivity contribution in [3.05, 3.63) is 0 Å². The van der Waals surface area contributed by atoms with Crippen LogP contribution in [-0.2, 0) is 4.79 Å².